The summed E-state index contributed by atoms with van der Waals surface area (Å²) in [6, 6.07) is 9.61. The van der Waals surface area contributed by atoms with Gasteiger partial charge in [0.05, 0.1) is 16.7 Å². The maximum atomic E-state index is 14.0. The highest BCUT2D eigenvalue weighted by Crippen LogP contribution is 2.53. The maximum Gasteiger partial charge on any atom is 0.270 e. The Labute approximate surface area is 196 Å². The molecule has 9 heteroatoms. The molecule has 0 N–H and O–H groups in total. The molecule has 2 aliphatic carbocycles. The van der Waals surface area contributed by atoms with E-state index in [1.54, 1.807) is 29.4 Å². The third-order valence-corrected chi connectivity index (χ3v) is 7.96. The lowest BCUT2D eigenvalue weighted by atomic mass is 9.64. The molecule has 0 bridgehead atoms. The fraction of sp³-hybridized carbons (Fsp3) is 0.480. The monoisotopic (exact) mass is 461 g/mol. The average molecular weight is 462 g/mol. The van der Waals surface area contributed by atoms with Crippen LogP contribution in [0.4, 0.5) is 11.6 Å². The summed E-state index contributed by atoms with van der Waals surface area (Å²) in [6.07, 6.45) is 11.3. The van der Waals surface area contributed by atoms with E-state index in [4.69, 9.17) is 14.5 Å². The van der Waals surface area contributed by atoms with Crippen molar-refractivity contribution in [2.45, 2.75) is 69.4 Å². The third-order valence-electron chi connectivity index (χ3n) is 7.96. The SMILES string of the molecule is O=C(c1cccc([N+](=O)[O-])c1)N1c2nc(-c3ccco3)nn2C2(CCCCC2)C2CCCCC21. The maximum absolute atomic E-state index is 14.0. The largest absolute Gasteiger partial charge is 0.461 e. The minimum atomic E-state index is -0.467. The van der Waals surface area contributed by atoms with Gasteiger partial charge in [-0.3, -0.25) is 19.8 Å². The van der Waals surface area contributed by atoms with Crippen molar-refractivity contribution < 1.29 is 14.1 Å². The molecule has 34 heavy (non-hydrogen) atoms. The molecule has 1 amide bonds. The van der Waals surface area contributed by atoms with E-state index in [9.17, 15) is 14.9 Å². The van der Waals surface area contributed by atoms with E-state index in [0.717, 1.165) is 51.4 Å². The minimum Gasteiger partial charge on any atom is -0.461 e. The first-order chi connectivity index (χ1) is 16.6. The number of benzene rings is 1. The molecule has 1 spiro atoms. The summed E-state index contributed by atoms with van der Waals surface area (Å²) in [4.78, 5) is 31.5. The number of nitro benzene ring substituents is 1. The predicted molar refractivity (Wildman–Crippen MR) is 124 cm³/mol. The van der Waals surface area contributed by atoms with Crippen LogP contribution in [0.5, 0.6) is 0 Å². The third kappa shape index (κ3) is 3.17. The van der Waals surface area contributed by atoms with Gasteiger partial charge in [-0.1, -0.05) is 38.2 Å². The highest BCUT2D eigenvalue weighted by Gasteiger charge is 2.55. The number of anilines is 1. The smallest absolute Gasteiger partial charge is 0.270 e. The molecule has 2 saturated carbocycles. The van der Waals surface area contributed by atoms with E-state index >= 15 is 0 Å². The number of nitrogens with zero attached hydrogens (tertiary/aromatic N) is 5. The number of carbonyl (C=O) groups excluding carboxylic acids is 1. The number of hydrogen-bond donors (Lipinski definition) is 0. The molecule has 2 aromatic heterocycles. The molecule has 2 fully saturated rings. The molecule has 0 saturated heterocycles. The van der Waals surface area contributed by atoms with Gasteiger partial charge in [-0.15, -0.1) is 5.10 Å². The summed E-state index contributed by atoms with van der Waals surface area (Å²) in [5.74, 6) is 1.60. The zero-order valence-corrected chi connectivity index (χ0v) is 18.9. The Kier molecular flexibility index (Phi) is 5.00. The zero-order valence-electron chi connectivity index (χ0n) is 18.9. The lowest BCUT2D eigenvalue weighted by Gasteiger charge is -2.55. The molecule has 2 unspecified atom stereocenters. The Balaban J connectivity index is 1.53. The van der Waals surface area contributed by atoms with Crippen molar-refractivity contribution in [3.05, 3.63) is 58.3 Å². The number of aromatic nitrogens is 3. The first-order valence-corrected chi connectivity index (χ1v) is 12.2. The summed E-state index contributed by atoms with van der Waals surface area (Å²) in [6.45, 7) is 0. The summed E-state index contributed by atoms with van der Waals surface area (Å²) in [5, 5.41) is 16.3. The van der Waals surface area contributed by atoms with Gasteiger partial charge < -0.3 is 4.42 Å². The molecule has 0 radical (unpaired) electrons. The Morgan fingerprint density at radius 2 is 1.91 bits per heavy atom. The van der Waals surface area contributed by atoms with Crippen molar-refractivity contribution in [1.29, 1.82) is 0 Å². The molecule has 3 heterocycles. The van der Waals surface area contributed by atoms with Crippen molar-refractivity contribution in [1.82, 2.24) is 14.8 Å². The van der Waals surface area contributed by atoms with Gasteiger partial charge in [-0.05, 0) is 43.9 Å². The minimum absolute atomic E-state index is 0.000219. The van der Waals surface area contributed by atoms with Crippen LogP contribution in [-0.4, -0.2) is 31.6 Å². The quantitative estimate of drug-likeness (QED) is 0.386. The number of hydrogen-bond acceptors (Lipinski definition) is 6. The fourth-order valence-electron chi connectivity index (χ4n) is 6.50. The average Bonchev–Trinajstić information content (AvgIpc) is 3.56. The molecule has 3 aromatic rings. The molecule has 1 aromatic carbocycles. The number of non-ortho nitro benzene ring substituents is 1. The van der Waals surface area contributed by atoms with Crippen LogP contribution in [0.15, 0.2) is 47.1 Å². The van der Waals surface area contributed by atoms with Gasteiger partial charge in [0.15, 0.2) is 5.76 Å². The van der Waals surface area contributed by atoms with Gasteiger partial charge in [0, 0.05) is 29.7 Å². The summed E-state index contributed by atoms with van der Waals surface area (Å²) in [5.41, 5.74) is 0.0486. The standard InChI is InChI=1S/C25H27N5O4/c31-23(17-8-6-9-18(16-17)30(32)33)28-20-11-3-2-10-19(20)25(13-4-1-5-14-25)29-24(28)26-22(27-29)21-12-7-15-34-21/h6-9,12,15-16,19-20H,1-5,10-11,13-14H2. The lowest BCUT2D eigenvalue weighted by Crippen LogP contribution is -2.61. The second kappa shape index (κ2) is 8.07. The normalized spacial score (nSPS) is 23.4. The lowest BCUT2D eigenvalue weighted by molar-refractivity contribution is -0.384. The van der Waals surface area contributed by atoms with Crippen LogP contribution < -0.4 is 4.90 Å². The first kappa shape index (κ1) is 21.1. The van der Waals surface area contributed by atoms with E-state index in [2.05, 4.69) is 0 Å². The number of rotatable bonds is 3. The van der Waals surface area contributed by atoms with Crippen molar-refractivity contribution >= 4 is 17.5 Å². The van der Waals surface area contributed by atoms with Crippen LogP contribution in [-0.2, 0) is 5.54 Å². The summed E-state index contributed by atoms with van der Waals surface area (Å²) in [7, 11) is 0. The first-order valence-electron chi connectivity index (χ1n) is 12.2. The highest BCUT2D eigenvalue weighted by molar-refractivity contribution is 6.06. The molecule has 1 aliphatic heterocycles. The predicted octanol–water partition coefficient (Wildman–Crippen LogP) is 5.32. The van der Waals surface area contributed by atoms with Crippen molar-refractivity contribution in [2.24, 2.45) is 5.92 Å². The van der Waals surface area contributed by atoms with Crippen LogP contribution in [0.1, 0.15) is 68.1 Å². The van der Waals surface area contributed by atoms with Crippen LogP contribution in [0, 0.1) is 16.0 Å². The zero-order chi connectivity index (χ0) is 23.3. The van der Waals surface area contributed by atoms with Crippen LogP contribution in [0.3, 0.4) is 0 Å². The number of amides is 1. The summed E-state index contributed by atoms with van der Waals surface area (Å²) >= 11 is 0. The molecule has 6 rings (SSSR count). The van der Waals surface area contributed by atoms with Gasteiger partial charge in [0.25, 0.3) is 11.6 Å². The van der Waals surface area contributed by atoms with Crippen molar-refractivity contribution in [3.63, 3.8) is 0 Å². The van der Waals surface area contributed by atoms with Gasteiger partial charge in [0.2, 0.25) is 11.8 Å². The molecule has 9 nitrogen and oxygen atoms in total. The Bertz CT molecular complexity index is 1230. The Morgan fingerprint density at radius 1 is 1.09 bits per heavy atom. The second-order valence-corrected chi connectivity index (χ2v) is 9.73. The van der Waals surface area contributed by atoms with Gasteiger partial charge >= 0.3 is 0 Å². The van der Waals surface area contributed by atoms with Gasteiger partial charge in [-0.25, -0.2) is 4.68 Å². The van der Waals surface area contributed by atoms with Gasteiger partial charge in [0.1, 0.15) is 0 Å². The Morgan fingerprint density at radius 3 is 2.68 bits per heavy atom. The van der Waals surface area contributed by atoms with E-state index in [0.29, 0.717) is 23.1 Å². The van der Waals surface area contributed by atoms with E-state index in [1.807, 2.05) is 10.7 Å². The topological polar surface area (TPSA) is 107 Å². The molecule has 2 atom stereocenters. The highest BCUT2D eigenvalue weighted by atomic mass is 16.6. The second-order valence-electron chi connectivity index (χ2n) is 9.73. The summed E-state index contributed by atoms with van der Waals surface area (Å²) < 4.78 is 7.62. The molecule has 3 aliphatic rings. The van der Waals surface area contributed by atoms with Crippen molar-refractivity contribution in [2.75, 3.05) is 4.90 Å². The fourth-order valence-corrected chi connectivity index (χ4v) is 6.50. The number of nitro groups is 1. The van der Waals surface area contributed by atoms with E-state index in [-0.39, 0.29) is 29.1 Å². The van der Waals surface area contributed by atoms with E-state index < -0.39 is 4.92 Å². The number of furan rings is 1. The van der Waals surface area contributed by atoms with Crippen LogP contribution in [0.25, 0.3) is 11.6 Å². The number of carbonyl (C=O) groups is 1. The molecular formula is C25H27N5O4. The van der Waals surface area contributed by atoms with Crippen LogP contribution >= 0.6 is 0 Å². The van der Waals surface area contributed by atoms with E-state index in [1.165, 1.54) is 18.6 Å². The Hall–Kier alpha value is -3.49. The molecule has 176 valence electrons. The number of fused-ring (bicyclic) bond motifs is 4. The molecular weight excluding hydrogens is 434 g/mol. The van der Waals surface area contributed by atoms with Gasteiger partial charge in [-0.2, -0.15) is 4.98 Å². The van der Waals surface area contributed by atoms with Crippen molar-refractivity contribution in [3.8, 4) is 11.6 Å². The van der Waals surface area contributed by atoms with Crippen LogP contribution in [0.2, 0.25) is 0 Å².